The normalized spacial score (nSPS) is 10.5. The molecule has 0 aliphatic carbocycles. The molecule has 4 nitrogen and oxygen atoms in total. The molecule has 25 heavy (non-hydrogen) atoms. The number of para-hydroxylation sites is 2. The molecule has 2 aromatic rings. The molecule has 0 saturated heterocycles. The zero-order valence-corrected chi connectivity index (χ0v) is 15.8. The van der Waals surface area contributed by atoms with Gasteiger partial charge in [-0.25, -0.2) is 0 Å². The van der Waals surface area contributed by atoms with Crippen molar-refractivity contribution in [3.63, 3.8) is 0 Å². The van der Waals surface area contributed by atoms with Gasteiger partial charge in [-0.05, 0) is 62.0 Å². The Kier molecular flexibility index (Phi) is 9.08. The molecule has 0 atom stereocenters. The predicted molar refractivity (Wildman–Crippen MR) is 104 cm³/mol. The van der Waals surface area contributed by atoms with E-state index in [1.165, 1.54) is 4.90 Å². The molecule has 0 saturated carbocycles. The summed E-state index contributed by atoms with van der Waals surface area (Å²) in [6.45, 7) is 5.07. The van der Waals surface area contributed by atoms with Gasteiger partial charge < -0.3 is 19.5 Å². The summed E-state index contributed by atoms with van der Waals surface area (Å²) in [6.07, 6.45) is 1.12. The molecule has 2 rings (SSSR count). The van der Waals surface area contributed by atoms with Crippen molar-refractivity contribution >= 4 is 11.8 Å². The fraction of sp³-hybridized carbons (Fsp3) is 0.400. The average Bonchev–Trinajstić information content (AvgIpc) is 2.66. The maximum Gasteiger partial charge on any atom is 0.161 e. The van der Waals surface area contributed by atoms with Crippen LogP contribution in [0.5, 0.6) is 17.2 Å². The van der Waals surface area contributed by atoms with Gasteiger partial charge in [0.2, 0.25) is 0 Å². The molecular formula is C20H27NO3S. The Balaban J connectivity index is 1.53. The second-order valence-corrected chi connectivity index (χ2v) is 6.52. The highest BCUT2D eigenvalue weighted by Crippen LogP contribution is 2.26. The number of rotatable bonds is 12. The lowest BCUT2D eigenvalue weighted by molar-refractivity contribution is 0.276. The molecule has 136 valence electrons. The Morgan fingerprint density at radius 1 is 0.920 bits per heavy atom. The summed E-state index contributed by atoms with van der Waals surface area (Å²) in [6, 6.07) is 16.0. The van der Waals surface area contributed by atoms with Crippen LogP contribution in [0.15, 0.2) is 53.4 Å². The molecule has 0 spiro atoms. The summed E-state index contributed by atoms with van der Waals surface area (Å²) >= 11 is 1.86. The van der Waals surface area contributed by atoms with Gasteiger partial charge in [-0.2, -0.15) is 0 Å². The highest BCUT2D eigenvalue weighted by Gasteiger charge is 2.02. The number of hydrogen-bond donors (Lipinski definition) is 1. The van der Waals surface area contributed by atoms with Gasteiger partial charge in [0, 0.05) is 11.4 Å². The minimum atomic E-state index is 0.635. The second kappa shape index (κ2) is 11.7. The van der Waals surface area contributed by atoms with Gasteiger partial charge in [-0.15, -0.1) is 11.8 Å². The highest BCUT2D eigenvalue weighted by atomic mass is 32.2. The molecule has 0 bridgehead atoms. The van der Waals surface area contributed by atoms with Crippen LogP contribution in [0.1, 0.15) is 13.3 Å². The largest absolute Gasteiger partial charge is 0.497 e. The van der Waals surface area contributed by atoms with E-state index in [0.29, 0.717) is 13.2 Å². The number of hydrogen-bond acceptors (Lipinski definition) is 5. The van der Waals surface area contributed by atoms with Gasteiger partial charge in [0.1, 0.15) is 12.4 Å². The van der Waals surface area contributed by atoms with Crippen LogP contribution >= 0.6 is 11.8 Å². The molecule has 0 fully saturated rings. The van der Waals surface area contributed by atoms with Gasteiger partial charge in [-0.1, -0.05) is 12.1 Å². The summed E-state index contributed by atoms with van der Waals surface area (Å²) in [5.74, 6) is 3.60. The van der Waals surface area contributed by atoms with E-state index >= 15 is 0 Å². The Hall–Kier alpha value is -1.85. The smallest absolute Gasteiger partial charge is 0.161 e. The van der Waals surface area contributed by atoms with Crippen LogP contribution in [0, 0.1) is 0 Å². The predicted octanol–water partition coefficient (Wildman–Crippen LogP) is 4.24. The number of ether oxygens (including phenoxy) is 3. The maximum absolute atomic E-state index is 5.78. The first kappa shape index (κ1) is 19.5. The SMILES string of the molecule is CCOc1ccccc1OCCNCCCSc1ccc(OC)cc1. The van der Waals surface area contributed by atoms with Crippen molar-refractivity contribution in [1.29, 1.82) is 0 Å². The molecule has 1 N–H and O–H groups in total. The lowest BCUT2D eigenvalue weighted by Crippen LogP contribution is -2.22. The third-order valence-corrected chi connectivity index (χ3v) is 4.61. The van der Waals surface area contributed by atoms with Gasteiger partial charge in [0.25, 0.3) is 0 Å². The van der Waals surface area contributed by atoms with E-state index in [2.05, 4.69) is 17.4 Å². The summed E-state index contributed by atoms with van der Waals surface area (Å²) < 4.78 is 16.5. The van der Waals surface area contributed by atoms with Crippen LogP contribution in [0.2, 0.25) is 0 Å². The van der Waals surface area contributed by atoms with E-state index in [0.717, 1.165) is 42.5 Å². The van der Waals surface area contributed by atoms with E-state index in [1.807, 2.05) is 55.1 Å². The third kappa shape index (κ3) is 7.28. The van der Waals surface area contributed by atoms with E-state index in [-0.39, 0.29) is 0 Å². The minimum absolute atomic E-state index is 0.635. The number of nitrogens with one attached hydrogen (secondary N) is 1. The molecular weight excluding hydrogens is 334 g/mol. The van der Waals surface area contributed by atoms with Crippen molar-refractivity contribution < 1.29 is 14.2 Å². The van der Waals surface area contributed by atoms with Gasteiger partial charge in [0.05, 0.1) is 13.7 Å². The van der Waals surface area contributed by atoms with Crippen LogP contribution in [0.3, 0.4) is 0 Å². The highest BCUT2D eigenvalue weighted by molar-refractivity contribution is 7.99. The Bertz CT molecular complexity index is 604. The van der Waals surface area contributed by atoms with Crippen molar-refractivity contribution in [3.8, 4) is 17.2 Å². The van der Waals surface area contributed by atoms with Crippen molar-refractivity contribution in [3.05, 3.63) is 48.5 Å². The van der Waals surface area contributed by atoms with Crippen LogP contribution in [0.4, 0.5) is 0 Å². The molecule has 0 amide bonds. The molecule has 0 radical (unpaired) electrons. The van der Waals surface area contributed by atoms with E-state index in [4.69, 9.17) is 14.2 Å². The van der Waals surface area contributed by atoms with Crippen molar-refractivity contribution in [2.75, 3.05) is 39.2 Å². The quantitative estimate of drug-likeness (QED) is 0.452. The molecule has 0 unspecified atom stereocenters. The molecule has 0 aromatic heterocycles. The van der Waals surface area contributed by atoms with Crippen molar-refractivity contribution in [2.45, 2.75) is 18.2 Å². The molecule has 2 aromatic carbocycles. The number of methoxy groups -OCH3 is 1. The van der Waals surface area contributed by atoms with Gasteiger partial charge in [0.15, 0.2) is 11.5 Å². The van der Waals surface area contributed by atoms with Crippen molar-refractivity contribution in [1.82, 2.24) is 5.32 Å². The molecule has 0 aliphatic heterocycles. The second-order valence-electron chi connectivity index (χ2n) is 5.36. The lowest BCUT2D eigenvalue weighted by Gasteiger charge is -2.12. The van der Waals surface area contributed by atoms with Gasteiger partial charge >= 0.3 is 0 Å². The van der Waals surface area contributed by atoms with Crippen LogP contribution in [-0.2, 0) is 0 Å². The fourth-order valence-corrected chi connectivity index (χ4v) is 3.11. The topological polar surface area (TPSA) is 39.7 Å². The van der Waals surface area contributed by atoms with Crippen LogP contribution in [0.25, 0.3) is 0 Å². The fourth-order valence-electron chi connectivity index (χ4n) is 2.26. The Morgan fingerprint density at radius 2 is 1.64 bits per heavy atom. The standard InChI is InChI=1S/C20H27NO3S/c1-3-23-19-7-4-5-8-20(19)24-15-14-21-13-6-16-25-18-11-9-17(22-2)10-12-18/h4-5,7-12,21H,3,6,13-16H2,1-2H3. The van der Waals surface area contributed by atoms with E-state index in [9.17, 15) is 0 Å². The maximum atomic E-state index is 5.78. The molecule has 5 heteroatoms. The monoisotopic (exact) mass is 361 g/mol. The first-order valence-electron chi connectivity index (χ1n) is 8.65. The van der Waals surface area contributed by atoms with Crippen LogP contribution in [-0.4, -0.2) is 39.2 Å². The summed E-state index contributed by atoms with van der Waals surface area (Å²) in [5, 5.41) is 3.41. The third-order valence-electron chi connectivity index (χ3n) is 3.51. The van der Waals surface area contributed by atoms with Crippen LogP contribution < -0.4 is 19.5 Å². The van der Waals surface area contributed by atoms with E-state index < -0.39 is 0 Å². The van der Waals surface area contributed by atoms with Gasteiger partial charge in [-0.3, -0.25) is 0 Å². The first-order valence-corrected chi connectivity index (χ1v) is 9.64. The summed E-state index contributed by atoms with van der Waals surface area (Å²) in [4.78, 5) is 1.27. The zero-order chi connectivity index (χ0) is 17.7. The summed E-state index contributed by atoms with van der Waals surface area (Å²) in [7, 11) is 1.69. The lowest BCUT2D eigenvalue weighted by atomic mass is 10.3. The number of benzene rings is 2. The van der Waals surface area contributed by atoms with Crippen molar-refractivity contribution in [2.24, 2.45) is 0 Å². The minimum Gasteiger partial charge on any atom is -0.497 e. The Labute approximate surface area is 154 Å². The zero-order valence-electron chi connectivity index (χ0n) is 15.0. The molecule has 0 aliphatic rings. The van der Waals surface area contributed by atoms with E-state index in [1.54, 1.807) is 7.11 Å². The number of thioether (sulfide) groups is 1. The average molecular weight is 362 g/mol. The first-order chi connectivity index (χ1) is 12.3. The molecule has 0 heterocycles. The Morgan fingerprint density at radius 3 is 2.32 bits per heavy atom. The summed E-state index contributed by atoms with van der Waals surface area (Å²) in [5.41, 5.74) is 0.